The Labute approximate surface area is 199 Å². The molecule has 1 aliphatic heterocycles. The third kappa shape index (κ3) is 5.92. The van der Waals surface area contributed by atoms with Gasteiger partial charge in [-0.25, -0.2) is 4.39 Å². The van der Waals surface area contributed by atoms with Crippen LogP contribution in [0.3, 0.4) is 0 Å². The van der Waals surface area contributed by atoms with Gasteiger partial charge >= 0.3 is 5.97 Å². The summed E-state index contributed by atoms with van der Waals surface area (Å²) in [4.78, 5) is 26.8. The number of likely N-dealkylation sites (tertiary alicyclic amines) is 1. The van der Waals surface area contributed by atoms with E-state index in [2.05, 4.69) is 10.00 Å². The van der Waals surface area contributed by atoms with E-state index in [4.69, 9.17) is 17.4 Å². The Morgan fingerprint density at radius 3 is 2.79 bits per heavy atom. The van der Waals surface area contributed by atoms with Gasteiger partial charge in [-0.1, -0.05) is 18.2 Å². The van der Waals surface area contributed by atoms with E-state index in [9.17, 15) is 14.0 Å². The largest absolute Gasteiger partial charge is 0.466 e. The maximum absolute atomic E-state index is 14.7. The first kappa shape index (κ1) is 23.7. The van der Waals surface area contributed by atoms with Crippen LogP contribution in [0.25, 0.3) is 6.08 Å². The number of aryl methyl sites for hydroxylation is 1. The molecule has 0 amide bonds. The summed E-state index contributed by atoms with van der Waals surface area (Å²) >= 11 is 4.76. The van der Waals surface area contributed by atoms with Crippen molar-refractivity contribution in [2.24, 2.45) is 5.92 Å². The molecule has 1 aliphatic carbocycles. The number of piperidine rings is 1. The number of nitrogens with zero attached hydrogens (tertiary/aromatic N) is 3. The summed E-state index contributed by atoms with van der Waals surface area (Å²) < 4.78 is 21.4. The minimum atomic E-state index is -0.579. The Balaban J connectivity index is 1.51. The van der Waals surface area contributed by atoms with Crippen LogP contribution in [0.4, 0.5) is 4.39 Å². The van der Waals surface area contributed by atoms with Gasteiger partial charge in [0.2, 0.25) is 0 Å². The number of ether oxygens (including phenoxy) is 1. The van der Waals surface area contributed by atoms with E-state index in [1.165, 1.54) is 6.07 Å². The van der Waals surface area contributed by atoms with Crippen LogP contribution in [0, 0.1) is 11.7 Å². The van der Waals surface area contributed by atoms with Gasteiger partial charge in [0.15, 0.2) is 5.78 Å². The molecule has 0 radical (unpaired) electrons. The van der Waals surface area contributed by atoms with Crippen molar-refractivity contribution in [2.75, 3.05) is 19.7 Å². The molecule has 176 valence electrons. The monoisotopic (exact) mass is 471 g/mol. The van der Waals surface area contributed by atoms with Crippen LogP contribution in [0.5, 0.6) is 0 Å². The minimum absolute atomic E-state index is 0.0332. The zero-order valence-corrected chi connectivity index (χ0v) is 19.7. The molecule has 33 heavy (non-hydrogen) atoms. The van der Waals surface area contributed by atoms with Crippen LogP contribution >= 0.6 is 12.6 Å². The van der Waals surface area contributed by atoms with Crippen molar-refractivity contribution >= 4 is 30.5 Å². The molecule has 2 aliphatic rings. The van der Waals surface area contributed by atoms with E-state index in [0.717, 1.165) is 30.5 Å². The molecule has 2 heterocycles. The Morgan fingerprint density at radius 2 is 2.06 bits per heavy atom. The predicted molar refractivity (Wildman–Crippen MR) is 127 cm³/mol. The number of ketones is 1. The molecule has 2 aromatic rings. The Hall–Kier alpha value is -2.45. The molecule has 8 heteroatoms. The molecule has 1 saturated heterocycles. The van der Waals surface area contributed by atoms with Gasteiger partial charge in [-0.15, -0.1) is 0 Å². The molecule has 1 aromatic carbocycles. The van der Waals surface area contributed by atoms with E-state index >= 15 is 0 Å². The highest BCUT2D eigenvalue weighted by Crippen LogP contribution is 2.39. The second-order valence-electron chi connectivity index (χ2n) is 8.65. The third-order valence-corrected chi connectivity index (χ3v) is 6.75. The molecule has 1 aromatic heterocycles. The topological polar surface area (TPSA) is 64.4 Å². The molecule has 2 atom stereocenters. The molecule has 0 bridgehead atoms. The highest BCUT2D eigenvalue weighted by molar-refractivity contribution is 7.81. The van der Waals surface area contributed by atoms with Gasteiger partial charge in [0.1, 0.15) is 5.82 Å². The summed E-state index contributed by atoms with van der Waals surface area (Å²) in [7, 11) is 0. The fourth-order valence-corrected chi connectivity index (χ4v) is 4.55. The van der Waals surface area contributed by atoms with Gasteiger partial charge in [0.25, 0.3) is 0 Å². The predicted octanol–water partition coefficient (Wildman–Crippen LogP) is 4.08. The van der Waals surface area contributed by atoms with Crippen molar-refractivity contribution in [3.8, 4) is 0 Å². The van der Waals surface area contributed by atoms with E-state index in [-0.39, 0.29) is 35.2 Å². The number of hydrogen-bond donors (Lipinski definition) is 1. The Morgan fingerprint density at radius 1 is 1.27 bits per heavy atom. The van der Waals surface area contributed by atoms with Gasteiger partial charge in [0, 0.05) is 36.0 Å². The fourth-order valence-electron chi connectivity index (χ4n) is 4.28. The summed E-state index contributed by atoms with van der Waals surface area (Å²) in [6.07, 6.45) is 6.63. The van der Waals surface area contributed by atoms with Gasteiger partial charge in [-0.05, 0) is 50.0 Å². The van der Waals surface area contributed by atoms with Crippen molar-refractivity contribution in [3.63, 3.8) is 0 Å². The number of carbonyl (C=O) groups is 2. The number of aromatic nitrogens is 2. The lowest BCUT2D eigenvalue weighted by Crippen LogP contribution is -2.42. The number of thiol groups is 1. The van der Waals surface area contributed by atoms with E-state index in [1.54, 1.807) is 29.8 Å². The van der Waals surface area contributed by atoms with Crippen molar-refractivity contribution in [1.29, 1.82) is 0 Å². The second-order valence-corrected chi connectivity index (χ2v) is 9.28. The molecule has 2 fully saturated rings. The van der Waals surface area contributed by atoms with Crippen LogP contribution < -0.4 is 0 Å². The van der Waals surface area contributed by atoms with Gasteiger partial charge in [-0.3, -0.25) is 19.2 Å². The maximum atomic E-state index is 14.7. The van der Waals surface area contributed by atoms with Crippen molar-refractivity contribution < 1.29 is 18.7 Å². The number of carbonyl (C=O) groups excluding carboxylic acids is 2. The van der Waals surface area contributed by atoms with Crippen LogP contribution in [-0.2, 0) is 20.9 Å². The SMILES string of the molecule is CCOC(=O)CCn1ccc(/C=C2\CN([C@@H](C(=O)C3CC3)c3ccccc3F)CC[C@H]2S)n1. The summed E-state index contributed by atoms with van der Waals surface area (Å²) in [5.41, 5.74) is 2.27. The van der Waals surface area contributed by atoms with Crippen LogP contribution in [-0.4, -0.2) is 51.4 Å². The van der Waals surface area contributed by atoms with E-state index in [1.807, 2.05) is 18.3 Å². The summed E-state index contributed by atoms with van der Waals surface area (Å²) in [6.45, 7) is 3.81. The zero-order valence-electron chi connectivity index (χ0n) is 18.8. The average molecular weight is 472 g/mol. The van der Waals surface area contributed by atoms with Crippen LogP contribution in [0.2, 0.25) is 0 Å². The molecule has 6 nitrogen and oxygen atoms in total. The fraction of sp³-hybridized carbons (Fsp3) is 0.480. The number of benzene rings is 1. The highest BCUT2D eigenvalue weighted by atomic mass is 32.1. The number of hydrogen-bond acceptors (Lipinski definition) is 6. The average Bonchev–Trinajstić information content (AvgIpc) is 3.56. The van der Waals surface area contributed by atoms with Crippen LogP contribution in [0.1, 0.15) is 49.9 Å². The number of halogens is 1. The maximum Gasteiger partial charge on any atom is 0.307 e. The molecular weight excluding hydrogens is 441 g/mol. The quantitative estimate of drug-likeness (QED) is 0.441. The van der Waals surface area contributed by atoms with Crippen molar-refractivity contribution in [2.45, 2.75) is 50.4 Å². The lowest BCUT2D eigenvalue weighted by Gasteiger charge is -2.37. The Kier molecular flexibility index (Phi) is 7.65. The standard InChI is InChI=1S/C25H30FN3O3S/c1-2-32-23(30)11-14-29-13-9-19(27-29)15-18-16-28(12-10-22(18)33)24(25(31)17-7-8-17)20-5-3-4-6-21(20)26/h3-6,9,13,15,17,22,24,33H,2,7-8,10-12,14,16H2,1H3/b18-15+/t22-,24-/m1/s1. The molecule has 0 unspecified atom stereocenters. The number of rotatable bonds is 9. The van der Waals surface area contributed by atoms with E-state index in [0.29, 0.717) is 31.8 Å². The lowest BCUT2D eigenvalue weighted by atomic mass is 9.93. The summed E-state index contributed by atoms with van der Waals surface area (Å²) in [5.74, 6) is -0.438. The summed E-state index contributed by atoms with van der Waals surface area (Å²) in [5, 5.41) is 4.58. The first-order valence-corrected chi connectivity index (χ1v) is 12.1. The first-order chi connectivity index (χ1) is 16.0. The van der Waals surface area contributed by atoms with Gasteiger partial charge in [0.05, 0.1) is 31.3 Å². The van der Waals surface area contributed by atoms with Crippen molar-refractivity contribution in [3.05, 3.63) is 59.2 Å². The normalized spacial score (nSPS) is 21.2. The molecular formula is C25H30FN3O3S. The smallest absolute Gasteiger partial charge is 0.307 e. The van der Waals surface area contributed by atoms with Crippen LogP contribution in [0.15, 0.2) is 42.1 Å². The Bertz CT molecular complexity index is 1030. The minimum Gasteiger partial charge on any atom is -0.466 e. The number of esters is 1. The molecule has 0 N–H and O–H groups in total. The van der Waals surface area contributed by atoms with E-state index < -0.39 is 6.04 Å². The first-order valence-electron chi connectivity index (χ1n) is 11.6. The molecule has 1 saturated carbocycles. The highest BCUT2D eigenvalue weighted by Gasteiger charge is 2.40. The zero-order chi connectivity index (χ0) is 23.4. The number of Topliss-reactive ketones (excluding diaryl/α,β-unsaturated/α-hetero) is 1. The second kappa shape index (κ2) is 10.7. The lowest BCUT2D eigenvalue weighted by molar-refractivity contribution is -0.143. The summed E-state index contributed by atoms with van der Waals surface area (Å²) in [6, 6.07) is 7.90. The van der Waals surface area contributed by atoms with Gasteiger partial charge in [-0.2, -0.15) is 17.7 Å². The molecule has 0 spiro atoms. The van der Waals surface area contributed by atoms with Gasteiger partial charge < -0.3 is 4.74 Å². The van der Waals surface area contributed by atoms with Crippen molar-refractivity contribution in [1.82, 2.24) is 14.7 Å². The molecule has 4 rings (SSSR count). The third-order valence-electron chi connectivity index (χ3n) is 6.16.